The van der Waals surface area contributed by atoms with E-state index in [0.717, 1.165) is 26.1 Å². The summed E-state index contributed by atoms with van der Waals surface area (Å²) in [4.78, 5) is 14.7. The Morgan fingerprint density at radius 2 is 1.84 bits per heavy atom. The first-order chi connectivity index (χ1) is 11.6. The molecular weight excluding hydrogens is 383 g/mol. The fraction of sp³-hybridized carbons (Fsp3) is 0.278. The lowest BCUT2D eigenvalue weighted by Crippen LogP contribution is -2.34. The Bertz CT molecular complexity index is 732. The van der Waals surface area contributed by atoms with Crippen molar-refractivity contribution in [3.8, 4) is 11.5 Å². The van der Waals surface area contributed by atoms with Crippen molar-refractivity contribution < 1.29 is 9.53 Å². The SMILES string of the molecule is Cl.O=C(c1ccccc1Oc1ccc(Cl)cc1Cl)N1CCCNCC1. The van der Waals surface area contributed by atoms with Gasteiger partial charge in [-0.15, -0.1) is 12.4 Å². The zero-order chi connectivity index (χ0) is 16.9. The Labute approximate surface area is 163 Å². The normalized spacial score (nSPS) is 14.4. The van der Waals surface area contributed by atoms with Crippen LogP contribution in [-0.4, -0.2) is 37.0 Å². The van der Waals surface area contributed by atoms with Crippen molar-refractivity contribution in [2.24, 2.45) is 0 Å². The first kappa shape index (κ1) is 19.9. The Morgan fingerprint density at radius 3 is 2.64 bits per heavy atom. The van der Waals surface area contributed by atoms with Gasteiger partial charge in [-0.05, 0) is 43.3 Å². The number of ether oxygens (including phenoxy) is 1. The minimum absolute atomic E-state index is 0. The van der Waals surface area contributed by atoms with E-state index < -0.39 is 0 Å². The number of halogens is 3. The fourth-order valence-corrected chi connectivity index (χ4v) is 3.08. The maximum atomic E-state index is 12.9. The fourth-order valence-electron chi connectivity index (χ4n) is 2.63. The van der Waals surface area contributed by atoms with Crippen LogP contribution in [0.2, 0.25) is 10.0 Å². The summed E-state index contributed by atoms with van der Waals surface area (Å²) >= 11 is 12.1. The molecule has 4 nitrogen and oxygen atoms in total. The topological polar surface area (TPSA) is 41.6 Å². The molecule has 0 atom stereocenters. The van der Waals surface area contributed by atoms with Gasteiger partial charge >= 0.3 is 0 Å². The molecule has 0 aromatic heterocycles. The first-order valence-corrected chi connectivity index (χ1v) is 8.62. The molecule has 0 aliphatic carbocycles. The number of hydrogen-bond acceptors (Lipinski definition) is 3. The second kappa shape index (κ2) is 9.30. The molecule has 2 aromatic carbocycles. The van der Waals surface area contributed by atoms with E-state index in [-0.39, 0.29) is 18.3 Å². The molecule has 25 heavy (non-hydrogen) atoms. The van der Waals surface area contributed by atoms with E-state index in [4.69, 9.17) is 27.9 Å². The third kappa shape index (κ3) is 5.02. The number of amides is 1. The number of nitrogens with zero attached hydrogens (tertiary/aromatic N) is 1. The molecule has 0 saturated carbocycles. The van der Waals surface area contributed by atoms with Crippen molar-refractivity contribution in [1.82, 2.24) is 10.2 Å². The molecule has 0 spiro atoms. The van der Waals surface area contributed by atoms with Crippen molar-refractivity contribution in [2.45, 2.75) is 6.42 Å². The molecule has 1 heterocycles. The van der Waals surface area contributed by atoms with E-state index in [2.05, 4.69) is 5.32 Å². The number of para-hydroxylation sites is 1. The molecule has 1 aliphatic heterocycles. The average Bonchev–Trinajstić information content (AvgIpc) is 2.86. The first-order valence-electron chi connectivity index (χ1n) is 7.87. The number of nitrogens with one attached hydrogen (secondary N) is 1. The third-order valence-corrected chi connectivity index (χ3v) is 4.39. The predicted octanol–water partition coefficient (Wildman–Crippen LogP) is 4.64. The molecule has 1 amide bonds. The lowest BCUT2D eigenvalue weighted by atomic mass is 10.1. The standard InChI is InChI=1S/C18H18Cl2N2O2.ClH/c19-13-6-7-17(15(20)12-13)24-16-5-2-1-4-14(16)18(23)22-10-3-8-21-9-11-22;/h1-2,4-7,12,21H,3,8-11H2;1H. The van der Waals surface area contributed by atoms with Gasteiger partial charge in [-0.25, -0.2) is 0 Å². The molecule has 0 bridgehead atoms. The summed E-state index contributed by atoms with van der Waals surface area (Å²) < 4.78 is 5.88. The van der Waals surface area contributed by atoms with Crippen LogP contribution >= 0.6 is 35.6 Å². The van der Waals surface area contributed by atoms with Gasteiger partial charge in [-0.1, -0.05) is 35.3 Å². The average molecular weight is 402 g/mol. The molecule has 1 N–H and O–H groups in total. The largest absolute Gasteiger partial charge is 0.455 e. The van der Waals surface area contributed by atoms with E-state index in [9.17, 15) is 4.79 Å². The Balaban J connectivity index is 0.00000225. The highest BCUT2D eigenvalue weighted by molar-refractivity contribution is 6.35. The Hall–Kier alpha value is -1.46. The van der Waals surface area contributed by atoms with Crippen molar-refractivity contribution >= 4 is 41.5 Å². The van der Waals surface area contributed by atoms with Crippen molar-refractivity contribution in [2.75, 3.05) is 26.2 Å². The van der Waals surface area contributed by atoms with Gasteiger partial charge < -0.3 is 15.0 Å². The summed E-state index contributed by atoms with van der Waals surface area (Å²) in [6.07, 6.45) is 0.942. The molecule has 1 saturated heterocycles. The maximum Gasteiger partial charge on any atom is 0.257 e. The number of carbonyl (C=O) groups is 1. The van der Waals surface area contributed by atoms with Crippen LogP contribution in [0.5, 0.6) is 11.5 Å². The van der Waals surface area contributed by atoms with Crippen LogP contribution in [-0.2, 0) is 0 Å². The van der Waals surface area contributed by atoms with Gasteiger partial charge in [0, 0.05) is 24.7 Å². The number of rotatable bonds is 3. The van der Waals surface area contributed by atoms with E-state index in [1.807, 2.05) is 17.0 Å². The molecule has 3 rings (SSSR count). The van der Waals surface area contributed by atoms with E-state index in [1.54, 1.807) is 30.3 Å². The number of hydrogen-bond donors (Lipinski definition) is 1. The van der Waals surface area contributed by atoms with Gasteiger partial charge in [0.25, 0.3) is 5.91 Å². The molecular formula is C18H19Cl3N2O2. The van der Waals surface area contributed by atoms with Gasteiger partial charge in [0.15, 0.2) is 0 Å². The Morgan fingerprint density at radius 1 is 1.04 bits per heavy atom. The molecule has 1 aliphatic rings. The maximum absolute atomic E-state index is 12.9. The van der Waals surface area contributed by atoms with Crippen LogP contribution in [0, 0.1) is 0 Å². The van der Waals surface area contributed by atoms with Crippen LogP contribution in [0.25, 0.3) is 0 Å². The third-order valence-electron chi connectivity index (χ3n) is 3.86. The minimum atomic E-state index is -0.0283. The summed E-state index contributed by atoms with van der Waals surface area (Å²) in [7, 11) is 0. The zero-order valence-corrected chi connectivity index (χ0v) is 15.8. The smallest absolute Gasteiger partial charge is 0.257 e. The van der Waals surface area contributed by atoms with Crippen molar-refractivity contribution in [3.05, 3.63) is 58.1 Å². The Kier molecular flexibility index (Phi) is 7.38. The van der Waals surface area contributed by atoms with Crippen molar-refractivity contribution in [3.63, 3.8) is 0 Å². The zero-order valence-electron chi connectivity index (χ0n) is 13.5. The molecule has 0 radical (unpaired) electrons. The summed E-state index contributed by atoms with van der Waals surface area (Å²) in [5.41, 5.74) is 0.533. The highest BCUT2D eigenvalue weighted by Gasteiger charge is 2.21. The monoisotopic (exact) mass is 400 g/mol. The molecule has 2 aromatic rings. The lowest BCUT2D eigenvalue weighted by molar-refractivity contribution is 0.0764. The van der Waals surface area contributed by atoms with Crippen LogP contribution in [0.1, 0.15) is 16.8 Å². The van der Waals surface area contributed by atoms with Gasteiger partial charge in [-0.2, -0.15) is 0 Å². The van der Waals surface area contributed by atoms with Gasteiger partial charge in [0.2, 0.25) is 0 Å². The van der Waals surface area contributed by atoms with Crippen LogP contribution in [0.3, 0.4) is 0 Å². The summed E-state index contributed by atoms with van der Waals surface area (Å²) in [5.74, 6) is 0.933. The predicted molar refractivity (Wildman–Crippen MR) is 104 cm³/mol. The summed E-state index contributed by atoms with van der Waals surface area (Å²) in [6, 6.07) is 12.2. The van der Waals surface area contributed by atoms with E-state index >= 15 is 0 Å². The second-order valence-electron chi connectivity index (χ2n) is 5.57. The van der Waals surface area contributed by atoms with Gasteiger partial charge in [0.1, 0.15) is 11.5 Å². The highest BCUT2D eigenvalue weighted by atomic mass is 35.5. The van der Waals surface area contributed by atoms with E-state index in [1.165, 1.54) is 0 Å². The molecule has 7 heteroatoms. The van der Waals surface area contributed by atoms with Gasteiger partial charge in [0.05, 0.1) is 10.6 Å². The minimum Gasteiger partial charge on any atom is -0.455 e. The van der Waals surface area contributed by atoms with Gasteiger partial charge in [-0.3, -0.25) is 4.79 Å². The number of carbonyl (C=O) groups excluding carboxylic acids is 1. The van der Waals surface area contributed by atoms with Crippen molar-refractivity contribution in [1.29, 1.82) is 0 Å². The molecule has 134 valence electrons. The van der Waals surface area contributed by atoms with Crippen LogP contribution in [0.4, 0.5) is 0 Å². The van der Waals surface area contributed by atoms with Crippen LogP contribution in [0.15, 0.2) is 42.5 Å². The molecule has 1 fully saturated rings. The summed E-state index contributed by atoms with van der Waals surface area (Å²) in [6.45, 7) is 3.16. The highest BCUT2D eigenvalue weighted by Crippen LogP contribution is 2.33. The van der Waals surface area contributed by atoms with Crippen LogP contribution < -0.4 is 10.1 Å². The molecule has 0 unspecified atom stereocenters. The lowest BCUT2D eigenvalue weighted by Gasteiger charge is -2.21. The second-order valence-corrected chi connectivity index (χ2v) is 6.41. The summed E-state index contributed by atoms with van der Waals surface area (Å²) in [5, 5.41) is 4.24. The number of benzene rings is 2. The van der Waals surface area contributed by atoms with E-state index in [0.29, 0.717) is 33.7 Å². The quantitative estimate of drug-likeness (QED) is 0.814.